The van der Waals surface area contributed by atoms with E-state index in [4.69, 9.17) is 16.2 Å². The van der Waals surface area contributed by atoms with Gasteiger partial charge in [0.1, 0.15) is 17.6 Å². The third-order valence-electron chi connectivity index (χ3n) is 4.84. The summed E-state index contributed by atoms with van der Waals surface area (Å²) in [6.07, 6.45) is -0.646. The van der Waals surface area contributed by atoms with Crippen LogP contribution in [-0.4, -0.2) is 47.4 Å². The highest BCUT2D eigenvalue weighted by molar-refractivity contribution is 5.89. The number of aliphatic imine (C=N–C) groups is 1. The van der Waals surface area contributed by atoms with E-state index in [9.17, 15) is 24.5 Å². The van der Waals surface area contributed by atoms with Crippen molar-refractivity contribution < 1.29 is 24.0 Å². The number of hydrogen-bond donors (Lipinski definition) is 4. The summed E-state index contributed by atoms with van der Waals surface area (Å²) in [5.74, 6) is -2.31. The van der Waals surface area contributed by atoms with Gasteiger partial charge in [0, 0.05) is 13.0 Å². The van der Waals surface area contributed by atoms with Gasteiger partial charge in [0.25, 0.3) is 0 Å². The number of guanidine groups is 1. The summed E-state index contributed by atoms with van der Waals surface area (Å²) in [6.45, 7) is 0.108. The second-order valence-electron chi connectivity index (χ2n) is 7.55. The van der Waals surface area contributed by atoms with E-state index in [1.165, 1.54) is 0 Å². The number of nitrogens with zero attached hydrogens (tertiary/aromatic N) is 2. The average Bonchev–Trinajstić information content (AvgIpc) is 2.84. The fraction of sp³-hybridized carbons (Fsp3) is 0.304. The number of alkyl carbamates (subject to hydrolysis) is 1. The first kappa shape index (κ1) is 26.8. The van der Waals surface area contributed by atoms with Crippen molar-refractivity contribution in [3.05, 3.63) is 81.9 Å². The van der Waals surface area contributed by atoms with Gasteiger partial charge in [-0.15, -0.1) is 0 Å². The average molecular weight is 485 g/mol. The zero-order valence-electron chi connectivity index (χ0n) is 19.0. The minimum absolute atomic E-state index is 0.0143. The Kier molecular flexibility index (Phi) is 10.7. The minimum Gasteiger partial charge on any atom is -0.445 e. The Hall–Kier alpha value is -4.48. The number of carbonyl (C=O) groups excluding carboxylic acids is 3. The first-order valence-electron chi connectivity index (χ1n) is 10.8. The topological polar surface area (TPSA) is 192 Å². The molecule has 0 saturated heterocycles. The maximum absolute atomic E-state index is 13.0. The zero-order valence-corrected chi connectivity index (χ0v) is 19.0. The van der Waals surface area contributed by atoms with Crippen molar-refractivity contribution in [1.29, 1.82) is 0 Å². The van der Waals surface area contributed by atoms with Crippen molar-refractivity contribution >= 4 is 23.9 Å². The Morgan fingerprint density at radius 2 is 1.54 bits per heavy atom. The summed E-state index contributed by atoms with van der Waals surface area (Å²) in [4.78, 5) is 51.2. The second-order valence-corrected chi connectivity index (χ2v) is 7.55. The summed E-state index contributed by atoms with van der Waals surface area (Å²) in [5.41, 5.74) is 12.0. The fourth-order valence-electron chi connectivity index (χ4n) is 3.13. The van der Waals surface area contributed by atoms with Crippen molar-refractivity contribution in [2.24, 2.45) is 16.5 Å². The molecule has 2 aromatic carbocycles. The van der Waals surface area contributed by atoms with Gasteiger partial charge < -0.3 is 26.8 Å². The molecule has 35 heavy (non-hydrogen) atoms. The maximum Gasteiger partial charge on any atom is 0.466 e. The predicted molar refractivity (Wildman–Crippen MR) is 128 cm³/mol. The fourth-order valence-corrected chi connectivity index (χ4v) is 3.13. The largest absolute Gasteiger partial charge is 0.466 e. The number of hydrogen-bond acceptors (Lipinski definition) is 7. The molecule has 0 aliphatic heterocycles. The minimum atomic E-state index is -1.42. The van der Waals surface area contributed by atoms with Crippen LogP contribution in [0.5, 0.6) is 0 Å². The number of carbonyl (C=O) groups is 3. The Balaban J connectivity index is 2.10. The molecule has 12 nitrogen and oxygen atoms in total. The number of rotatable bonds is 12. The molecule has 0 spiro atoms. The van der Waals surface area contributed by atoms with Gasteiger partial charge in [-0.3, -0.25) is 19.9 Å². The molecule has 2 atom stereocenters. The van der Waals surface area contributed by atoms with Gasteiger partial charge in [0.2, 0.25) is 5.91 Å². The van der Waals surface area contributed by atoms with E-state index in [0.29, 0.717) is 0 Å². The lowest BCUT2D eigenvalue weighted by molar-refractivity contribution is -0.404. The van der Waals surface area contributed by atoms with Gasteiger partial charge in [0.05, 0.1) is 0 Å². The van der Waals surface area contributed by atoms with Crippen LogP contribution in [0.25, 0.3) is 0 Å². The number of ether oxygens (including phenoxy) is 1. The van der Waals surface area contributed by atoms with Gasteiger partial charge in [-0.05, 0) is 24.0 Å². The Morgan fingerprint density at radius 3 is 2.11 bits per heavy atom. The predicted octanol–water partition coefficient (Wildman–Crippen LogP) is 0.866. The van der Waals surface area contributed by atoms with Crippen LogP contribution in [0.3, 0.4) is 0 Å². The summed E-state index contributed by atoms with van der Waals surface area (Å²) < 4.78 is 5.20. The molecule has 3 amide bonds. The number of nitrogens with two attached hydrogens (primary N) is 2. The van der Waals surface area contributed by atoms with E-state index in [1.54, 1.807) is 54.6 Å². The molecule has 2 rings (SSSR count). The third kappa shape index (κ3) is 9.90. The van der Waals surface area contributed by atoms with E-state index in [1.807, 2.05) is 6.07 Å². The second kappa shape index (κ2) is 13.9. The molecular weight excluding hydrogens is 456 g/mol. The molecule has 0 saturated carbocycles. The van der Waals surface area contributed by atoms with Crippen LogP contribution in [0.1, 0.15) is 24.0 Å². The molecule has 186 valence electrons. The molecule has 0 heterocycles. The van der Waals surface area contributed by atoms with Crippen molar-refractivity contribution in [3.63, 3.8) is 0 Å². The van der Waals surface area contributed by atoms with Crippen LogP contribution < -0.4 is 22.1 Å². The Labute approximate surface area is 201 Å². The summed E-state index contributed by atoms with van der Waals surface area (Å²) in [7, 11) is 0. The zero-order chi connectivity index (χ0) is 25.6. The molecule has 0 aromatic heterocycles. The van der Waals surface area contributed by atoms with Crippen LogP contribution in [0.15, 0.2) is 65.7 Å². The lowest BCUT2D eigenvalue weighted by atomic mass is 10.0. The summed E-state index contributed by atoms with van der Waals surface area (Å²) in [6, 6.07) is 15.2. The first-order valence-corrected chi connectivity index (χ1v) is 10.8. The highest BCUT2D eigenvalue weighted by Crippen LogP contribution is 2.07. The molecule has 0 fully saturated rings. The van der Waals surface area contributed by atoms with Crippen molar-refractivity contribution in [1.82, 2.24) is 10.6 Å². The molecule has 2 aromatic rings. The number of nitro groups is 1. The van der Waals surface area contributed by atoms with Gasteiger partial charge in [0.15, 0.2) is 12.0 Å². The van der Waals surface area contributed by atoms with Gasteiger partial charge in [-0.25, -0.2) is 9.59 Å². The van der Waals surface area contributed by atoms with Crippen molar-refractivity contribution in [2.45, 2.75) is 38.0 Å². The van der Waals surface area contributed by atoms with Crippen molar-refractivity contribution in [2.75, 3.05) is 6.54 Å². The van der Waals surface area contributed by atoms with E-state index >= 15 is 0 Å². The van der Waals surface area contributed by atoms with E-state index < -0.39 is 34.9 Å². The molecule has 0 aliphatic carbocycles. The van der Waals surface area contributed by atoms with E-state index in [-0.39, 0.29) is 38.4 Å². The smallest absolute Gasteiger partial charge is 0.445 e. The van der Waals surface area contributed by atoms with Gasteiger partial charge in [-0.1, -0.05) is 60.7 Å². The lowest BCUT2D eigenvalue weighted by Crippen LogP contribution is -2.53. The maximum atomic E-state index is 13.0. The Morgan fingerprint density at radius 1 is 0.943 bits per heavy atom. The normalized spacial score (nSPS) is 12.0. The summed E-state index contributed by atoms with van der Waals surface area (Å²) >= 11 is 0. The van der Waals surface area contributed by atoms with E-state index in [0.717, 1.165) is 11.1 Å². The monoisotopic (exact) mass is 484 g/mol. The molecular formula is C23H28N6O6. The lowest BCUT2D eigenvalue weighted by Gasteiger charge is -2.21. The molecule has 1 unspecified atom stereocenters. The standard InChI is InChI=1S/C23H28N6O6/c24-22(25)26-13-7-12-18(21(31)29(33)34)27-20(30)19(14-16-8-3-1-4-9-16)28-23(32)35-15-17-10-5-2-6-11-17/h1-6,8-11,18-19H,7,12-15H2,(H,27,30)(H,28,32)(H4,24,25,26)/t18-,19?/m0/s1. The van der Waals surface area contributed by atoms with Crippen molar-refractivity contribution in [3.8, 4) is 0 Å². The number of amides is 3. The van der Waals surface area contributed by atoms with Gasteiger partial charge >= 0.3 is 12.0 Å². The summed E-state index contributed by atoms with van der Waals surface area (Å²) in [5, 5.41) is 15.9. The highest BCUT2D eigenvalue weighted by Gasteiger charge is 2.33. The van der Waals surface area contributed by atoms with Crippen LogP contribution in [-0.2, 0) is 27.4 Å². The first-order chi connectivity index (χ1) is 16.8. The number of nitrogens with one attached hydrogen (secondary N) is 2. The quantitative estimate of drug-likeness (QED) is 0.112. The molecule has 6 N–H and O–H groups in total. The molecule has 0 radical (unpaired) electrons. The van der Waals surface area contributed by atoms with Gasteiger partial charge in [-0.2, -0.15) is 0 Å². The SMILES string of the molecule is NC(N)=NCCC[C@H](NC(=O)C(Cc1ccccc1)NC(=O)OCc1ccccc1)C(=O)[N+](=O)[O-]. The number of benzene rings is 2. The third-order valence-corrected chi connectivity index (χ3v) is 4.84. The highest BCUT2D eigenvalue weighted by atomic mass is 16.6. The van der Waals surface area contributed by atoms with Crippen LogP contribution in [0.2, 0.25) is 0 Å². The van der Waals surface area contributed by atoms with Crippen LogP contribution >= 0.6 is 0 Å². The molecule has 0 aliphatic rings. The Bertz CT molecular complexity index is 1030. The van der Waals surface area contributed by atoms with E-state index in [2.05, 4.69) is 15.6 Å². The molecule has 12 heteroatoms. The van der Waals surface area contributed by atoms with Crippen LogP contribution in [0, 0.1) is 10.1 Å². The van der Waals surface area contributed by atoms with Crippen LogP contribution in [0.4, 0.5) is 4.79 Å². The molecule has 0 bridgehead atoms.